The van der Waals surface area contributed by atoms with Crippen LogP contribution in [0.15, 0.2) is 0 Å². The predicted octanol–water partition coefficient (Wildman–Crippen LogP) is 1.51. The average Bonchev–Trinajstić information content (AvgIpc) is 2.13. The summed E-state index contributed by atoms with van der Waals surface area (Å²) in [6, 6.07) is 0. The fraction of sp³-hybridized carbons (Fsp3) is 0.917. The Hall–Kier alpha value is -0.810. The smallest absolute Gasteiger partial charge is 0.407 e. The molecule has 102 valence electrons. The number of rotatable bonds is 6. The van der Waals surface area contributed by atoms with E-state index in [-0.39, 0.29) is 5.41 Å². The minimum Gasteiger partial charge on any atom is -0.444 e. The van der Waals surface area contributed by atoms with Gasteiger partial charge < -0.3 is 20.5 Å². The van der Waals surface area contributed by atoms with Gasteiger partial charge in [0.05, 0.1) is 13.2 Å². The molecule has 0 aromatic heterocycles. The van der Waals surface area contributed by atoms with E-state index in [4.69, 9.17) is 15.2 Å². The molecule has 1 amide bonds. The molecule has 0 heterocycles. The molecule has 17 heavy (non-hydrogen) atoms. The van der Waals surface area contributed by atoms with Gasteiger partial charge in [-0.3, -0.25) is 0 Å². The number of carbonyl (C=O) groups excluding carboxylic acids is 1. The Bertz CT molecular complexity index is 234. The second-order valence-corrected chi connectivity index (χ2v) is 5.86. The first kappa shape index (κ1) is 16.2. The van der Waals surface area contributed by atoms with Crippen molar-refractivity contribution in [3.05, 3.63) is 0 Å². The largest absolute Gasteiger partial charge is 0.444 e. The average molecular weight is 246 g/mol. The molecule has 5 heteroatoms. The topological polar surface area (TPSA) is 73.6 Å². The maximum absolute atomic E-state index is 11.4. The van der Waals surface area contributed by atoms with E-state index in [1.807, 2.05) is 34.6 Å². The SMILES string of the molecule is CC(C)(CNC(=O)OC(C)(C)C)COCCN. The summed E-state index contributed by atoms with van der Waals surface area (Å²) < 4.78 is 10.5. The van der Waals surface area contributed by atoms with E-state index in [0.29, 0.717) is 26.3 Å². The summed E-state index contributed by atoms with van der Waals surface area (Å²) >= 11 is 0. The van der Waals surface area contributed by atoms with E-state index >= 15 is 0 Å². The lowest BCUT2D eigenvalue weighted by Crippen LogP contribution is -2.40. The van der Waals surface area contributed by atoms with Crippen molar-refractivity contribution < 1.29 is 14.3 Å². The minimum absolute atomic E-state index is 0.133. The number of hydrogen-bond donors (Lipinski definition) is 2. The molecule has 0 radical (unpaired) electrons. The van der Waals surface area contributed by atoms with Gasteiger partial charge in [0.1, 0.15) is 5.60 Å². The molecule has 3 N–H and O–H groups in total. The molecule has 0 fully saturated rings. The zero-order valence-corrected chi connectivity index (χ0v) is 11.6. The Labute approximate surface area is 104 Å². The standard InChI is InChI=1S/C12H26N2O3/c1-11(2,3)17-10(15)14-8-12(4,5)9-16-7-6-13/h6-9,13H2,1-5H3,(H,14,15). The number of carbonyl (C=O) groups is 1. The molecule has 0 aromatic rings. The van der Waals surface area contributed by atoms with Crippen LogP contribution >= 0.6 is 0 Å². The molecule has 0 aliphatic heterocycles. The lowest BCUT2D eigenvalue weighted by Gasteiger charge is -2.26. The maximum atomic E-state index is 11.4. The summed E-state index contributed by atoms with van der Waals surface area (Å²) in [4.78, 5) is 11.4. The van der Waals surface area contributed by atoms with Gasteiger partial charge in [-0.05, 0) is 20.8 Å². The van der Waals surface area contributed by atoms with Crippen LogP contribution in [0.4, 0.5) is 4.79 Å². The highest BCUT2D eigenvalue weighted by atomic mass is 16.6. The molecule has 0 bridgehead atoms. The van der Waals surface area contributed by atoms with Crippen molar-refractivity contribution in [1.29, 1.82) is 0 Å². The van der Waals surface area contributed by atoms with Crippen LogP contribution in [-0.2, 0) is 9.47 Å². The van der Waals surface area contributed by atoms with Gasteiger partial charge >= 0.3 is 6.09 Å². The van der Waals surface area contributed by atoms with E-state index in [0.717, 1.165) is 0 Å². The van der Waals surface area contributed by atoms with Crippen molar-refractivity contribution in [2.45, 2.75) is 40.2 Å². The highest BCUT2D eigenvalue weighted by molar-refractivity contribution is 5.67. The van der Waals surface area contributed by atoms with Gasteiger partial charge in [0, 0.05) is 18.5 Å². The second-order valence-electron chi connectivity index (χ2n) is 5.86. The molecule has 0 spiro atoms. The molecule has 0 aliphatic carbocycles. The summed E-state index contributed by atoms with van der Waals surface area (Å²) in [5.41, 5.74) is 4.73. The highest BCUT2D eigenvalue weighted by Gasteiger charge is 2.21. The molecular weight excluding hydrogens is 220 g/mol. The predicted molar refractivity (Wildman–Crippen MR) is 67.9 cm³/mol. The van der Waals surface area contributed by atoms with Crippen molar-refractivity contribution in [2.75, 3.05) is 26.3 Å². The molecule has 0 aromatic carbocycles. The quantitative estimate of drug-likeness (QED) is 0.697. The van der Waals surface area contributed by atoms with Crippen LogP contribution in [0.1, 0.15) is 34.6 Å². The molecular formula is C12H26N2O3. The van der Waals surface area contributed by atoms with Crippen molar-refractivity contribution in [1.82, 2.24) is 5.32 Å². The van der Waals surface area contributed by atoms with Gasteiger partial charge in [0.25, 0.3) is 0 Å². The van der Waals surface area contributed by atoms with Crippen molar-refractivity contribution in [2.24, 2.45) is 11.1 Å². The number of nitrogens with two attached hydrogens (primary N) is 1. The molecule has 5 nitrogen and oxygen atoms in total. The van der Waals surface area contributed by atoms with Gasteiger partial charge in [0.2, 0.25) is 0 Å². The Balaban J connectivity index is 3.88. The maximum Gasteiger partial charge on any atom is 0.407 e. The number of ether oxygens (including phenoxy) is 2. The molecule has 0 rings (SSSR count). The summed E-state index contributed by atoms with van der Waals surface area (Å²) in [5, 5.41) is 2.73. The van der Waals surface area contributed by atoms with Gasteiger partial charge in [-0.25, -0.2) is 4.79 Å². The van der Waals surface area contributed by atoms with Crippen LogP contribution in [-0.4, -0.2) is 38.0 Å². The zero-order valence-electron chi connectivity index (χ0n) is 11.6. The first-order valence-electron chi connectivity index (χ1n) is 5.91. The Morgan fingerprint density at radius 1 is 1.24 bits per heavy atom. The number of alkyl carbamates (subject to hydrolysis) is 1. The third-order valence-corrected chi connectivity index (χ3v) is 1.87. The minimum atomic E-state index is -0.468. The van der Waals surface area contributed by atoms with Crippen LogP contribution < -0.4 is 11.1 Å². The van der Waals surface area contributed by atoms with Crippen molar-refractivity contribution >= 4 is 6.09 Å². The lowest BCUT2D eigenvalue weighted by atomic mass is 9.95. The monoisotopic (exact) mass is 246 g/mol. The number of amides is 1. The third-order valence-electron chi connectivity index (χ3n) is 1.87. The van der Waals surface area contributed by atoms with Crippen LogP contribution in [0.5, 0.6) is 0 Å². The Morgan fingerprint density at radius 3 is 2.29 bits per heavy atom. The van der Waals surface area contributed by atoms with Gasteiger partial charge in [-0.2, -0.15) is 0 Å². The van der Waals surface area contributed by atoms with Gasteiger partial charge in [0.15, 0.2) is 0 Å². The van der Waals surface area contributed by atoms with Crippen molar-refractivity contribution in [3.63, 3.8) is 0 Å². The van der Waals surface area contributed by atoms with E-state index in [9.17, 15) is 4.79 Å². The van der Waals surface area contributed by atoms with Gasteiger partial charge in [-0.1, -0.05) is 13.8 Å². The molecule has 0 unspecified atom stereocenters. The van der Waals surface area contributed by atoms with E-state index in [1.165, 1.54) is 0 Å². The van der Waals surface area contributed by atoms with Crippen LogP contribution in [0.25, 0.3) is 0 Å². The highest BCUT2D eigenvalue weighted by Crippen LogP contribution is 2.14. The summed E-state index contributed by atoms with van der Waals surface area (Å²) in [6.07, 6.45) is -0.399. The molecule has 0 saturated carbocycles. The Morgan fingerprint density at radius 2 is 1.82 bits per heavy atom. The third kappa shape index (κ3) is 10.1. The summed E-state index contributed by atoms with van der Waals surface area (Å²) in [7, 11) is 0. The lowest BCUT2D eigenvalue weighted by molar-refractivity contribution is 0.0419. The first-order chi connectivity index (χ1) is 7.66. The van der Waals surface area contributed by atoms with E-state index < -0.39 is 11.7 Å². The van der Waals surface area contributed by atoms with Crippen LogP contribution in [0.3, 0.4) is 0 Å². The molecule has 0 saturated heterocycles. The number of hydrogen-bond acceptors (Lipinski definition) is 4. The van der Waals surface area contributed by atoms with Crippen molar-refractivity contribution in [3.8, 4) is 0 Å². The fourth-order valence-electron chi connectivity index (χ4n) is 1.11. The van der Waals surface area contributed by atoms with Gasteiger partial charge in [-0.15, -0.1) is 0 Å². The molecule has 0 atom stereocenters. The zero-order chi connectivity index (χ0) is 13.5. The fourth-order valence-corrected chi connectivity index (χ4v) is 1.11. The Kier molecular flexibility index (Phi) is 6.49. The summed E-state index contributed by atoms with van der Waals surface area (Å²) in [5.74, 6) is 0. The molecule has 0 aliphatic rings. The van der Waals surface area contributed by atoms with E-state index in [1.54, 1.807) is 0 Å². The van der Waals surface area contributed by atoms with Crippen LogP contribution in [0.2, 0.25) is 0 Å². The van der Waals surface area contributed by atoms with Crippen LogP contribution in [0, 0.1) is 5.41 Å². The second kappa shape index (κ2) is 6.81. The normalized spacial score (nSPS) is 12.4. The van der Waals surface area contributed by atoms with E-state index in [2.05, 4.69) is 5.32 Å². The number of nitrogens with one attached hydrogen (secondary N) is 1. The summed E-state index contributed by atoms with van der Waals surface area (Å²) in [6.45, 7) is 11.6. The first-order valence-corrected chi connectivity index (χ1v) is 5.91.